The van der Waals surface area contributed by atoms with Crippen LogP contribution in [0.4, 0.5) is 5.82 Å². The summed E-state index contributed by atoms with van der Waals surface area (Å²) in [6.07, 6.45) is 1.91. The van der Waals surface area contributed by atoms with Gasteiger partial charge in [0, 0.05) is 25.8 Å². The first kappa shape index (κ1) is 16.5. The minimum atomic E-state index is -3.63. The van der Waals surface area contributed by atoms with Crippen LogP contribution in [0.3, 0.4) is 0 Å². The molecule has 1 N–H and O–H groups in total. The zero-order chi connectivity index (χ0) is 15.6. The molecule has 2 rings (SSSR count). The molecule has 21 heavy (non-hydrogen) atoms. The molecule has 2 unspecified atom stereocenters. The fourth-order valence-electron chi connectivity index (χ4n) is 2.31. The summed E-state index contributed by atoms with van der Waals surface area (Å²) < 4.78 is 32.6. The Morgan fingerprint density at radius 3 is 2.86 bits per heavy atom. The van der Waals surface area contributed by atoms with Crippen molar-refractivity contribution in [1.82, 2.24) is 9.29 Å². The number of nitrogens with zero attached hydrogens (tertiary/aromatic N) is 2. The Kier molecular flexibility index (Phi) is 5.08. The number of anilines is 1. The third-order valence-corrected chi connectivity index (χ3v) is 5.72. The third-order valence-electron chi connectivity index (χ3n) is 3.55. The Labute approximate surface area is 130 Å². The van der Waals surface area contributed by atoms with E-state index in [-0.39, 0.29) is 22.1 Å². The average Bonchev–Trinajstić information content (AvgIpc) is 2.47. The lowest BCUT2D eigenvalue weighted by atomic mass is 10.2. The molecule has 8 heteroatoms. The molecule has 2 heterocycles. The van der Waals surface area contributed by atoms with Gasteiger partial charge in [0.2, 0.25) is 10.0 Å². The Hall–Kier alpha value is -0.890. The number of pyridine rings is 1. The van der Waals surface area contributed by atoms with Crippen LogP contribution >= 0.6 is 11.6 Å². The van der Waals surface area contributed by atoms with E-state index in [1.54, 1.807) is 7.05 Å². The van der Waals surface area contributed by atoms with Crippen LogP contribution in [0.1, 0.15) is 20.3 Å². The van der Waals surface area contributed by atoms with Crippen molar-refractivity contribution in [2.45, 2.75) is 37.3 Å². The van der Waals surface area contributed by atoms with Crippen molar-refractivity contribution in [3.05, 3.63) is 17.3 Å². The molecule has 0 radical (unpaired) electrons. The van der Waals surface area contributed by atoms with E-state index in [1.165, 1.54) is 16.6 Å². The highest BCUT2D eigenvalue weighted by molar-refractivity contribution is 7.89. The van der Waals surface area contributed by atoms with Crippen molar-refractivity contribution in [2.24, 2.45) is 0 Å². The zero-order valence-electron chi connectivity index (χ0n) is 12.3. The minimum absolute atomic E-state index is 0.110. The van der Waals surface area contributed by atoms with Gasteiger partial charge in [-0.2, -0.15) is 4.31 Å². The van der Waals surface area contributed by atoms with E-state index in [0.717, 1.165) is 0 Å². The van der Waals surface area contributed by atoms with Gasteiger partial charge >= 0.3 is 0 Å². The molecule has 0 amide bonds. The molecule has 6 nitrogen and oxygen atoms in total. The lowest BCUT2D eigenvalue weighted by Crippen LogP contribution is -2.51. The standard InChI is InChI=1S/C13H20ClN3O3S/c1-4-10-8-20-9(2)7-17(10)21(18,19)11-5-12(14)13(15-3)16-6-11/h5-6,9-10H,4,7-8H2,1-3H3,(H,15,16). The molecule has 118 valence electrons. The predicted molar refractivity (Wildman–Crippen MR) is 82.2 cm³/mol. The van der Waals surface area contributed by atoms with Gasteiger partial charge < -0.3 is 10.1 Å². The molecular formula is C13H20ClN3O3S. The van der Waals surface area contributed by atoms with Crippen molar-refractivity contribution in [1.29, 1.82) is 0 Å². The summed E-state index contributed by atoms with van der Waals surface area (Å²) in [5.41, 5.74) is 0. The first-order valence-electron chi connectivity index (χ1n) is 6.86. The number of hydrogen-bond donors (Lipinski definition) is 1. The Bertz CT molecular complexity index is 609. The second kappa shape index (κ2) is 6.48. The predicted octanol–water partition coefficient (Wildman–Crippen LogP) is 1.96. The molecular weight excluding hydrogens is 314 g/mol. The van der Waals surface area contributed by atoms with Crippen molar-refractivity contribution in [2.75, 3.05) is 25.5 Å². The molecule has 2 atom stereocenters. The zero-order valence-corrected chi connectivity index (χ0v) is 13.9. The molecule has 1 aromatic heterocycles. The molecule has 1 aliphatic heterocycles. The van der Waals surface area contributed by atoms with E-state index in [9.17, 15) is 8.42 Å². The van der Waals surface area contributed by atoms with Gasteiger partial charge in [-0.3, -0.25) is 0 Å². The highest BCUT2D eigenvalue weighted by Crippen LogP contribution is 2.27. The fourth-order valence-corrected chi connectivity index (χ4v) is 4.37. The van der Waals surface area contributed by atoms with E-state index in [2.05, 4.69) is 10.3 Å². The number of halogens is 1. The summed E-state index contributed by atoms with van der Waals surface area (Å²) in [7, 11) is -1.95. The Morgan fingerprint density at radius 2 is 2.29 bits per heavy atom. The van der Waals surface area contributed by atoms with Crippen LogP contribution in [0.5, 0.6) is 0 Å². The van der Waals surface area contributed by atoms with E-state index >= 15 is 0 Å². The van der Waals surface area contributed by atoms with E-state index < -0.39 is 10.0 Å². The molecule has 1 aromatic rings. The van der Waals surface area contributed by atoms with E-state index in [4.69, 9.17) is 16.3 Å². The van der Waals surface area contributed by atoms with Crippen LogP contribution in [0.2, 0.25) is 5.02 Å². The van der Waals surface area contributed by atoms with Gasteiger partial charge in [0.05, 0.1) is 17.7 Å². The maximum absolute atomic E-state index is 12.8. The van der Waals surface area contributed by atoms with Gasteiger partial charge in [0.25, 0.3) is 0 Å². The van der Waals surface area contributed by atoms with Crippen LogP contribution in [-0.4, -0.2) is 50.1 Å². The second-order valence-corrected chi connectivity index (χ2v) is 7.33. The third kappa shape index (κ3) is 3.31. The van der Waals surface area contributed by atoms with Crippen LogP contribution in [-0.2, 0) is 14.8 Å². The number of nitrogens with one attached hydrogen (secondary N) is 1. The fraction of sp³-hybridized carbons (Fsp3) is 0.615. The lowest BCUT2D eigenvalue weighted by molar-refractivity contribution is -0.0230. The quantitative estimate of drug-likeness (QED) is 0.912. The molecule has 0 bridgehead atoms. The summed E-state index contributed by atoms with van der Waals surface area (Å²) in [6.45, 7) is 4.56. The Balaban J connectivity index is 2.38. The summed E-state index contributed by atoms with van der Waals surface area (Å²) in [6, 6.07) is 1.27. The molecule has 1 aliphatic rings. The van der Waals surface area contributed by atoms with Crippen molar-refractivity contribution < 1.29 is 13.2 Å². The minimum Gasteiger partial charge on any atom is -0.375 e. The summed E-state index contributed by atoms with van der Waals surface area (Å²) in [5.74, 6) is 0.456. The van der Waals surface area contributed by atoms with E-state index in [1.807, 2.05) is 13.8 Å². The van der Waals surface area contributed by atoms with Gasteiger partial charge in [-0.25, -0.2) is 13.4 Å². The van der Waals surface area contributed by atoms with Gasteiger partial charge in [0.1, 0.15) is 10.7 Å². The van der Waals surface area contributed by atoms with E-state index in [0.29, 0.717) is 25.4 Å². The maximum atomic E-state index is 12.8. The number of hydrogen-bond acceptors (Lipinski definition) is 5. The number of ether oxygens (including phenoxy) is 1. The highest BCUT2D eigenvalue weighted by atomic mass is 35.5. The van der Waals surface area contributed by atoms with Crippen molar-refractivity contribution in [3.63, 3.8) is 0 Å². The van der Waals surface area contributed by atoms with Gasteiger partial charge in [-0.1, -0.05) is 18.5 Å². The number of morpholine rings is 1. The first-order valence-corrected chi connectivity index (χ1v) is 8.68. The molecule has 0 saturated carbocycles. The van der Waals surface area contributed by atoms with Crippen LogP contribution < -0.4 is 5.32 Å². The molecule has 0 aliphatic carbocycles. The molecule has 1 fully saturated rings. The second-order valence-electron chi connectivity index (χ2n) is 5.03. The SMILES string of the molecule is CCC1COC(C)CN1S(=O)(=O)c1cnc(NC)c(Cl)c1. The Morgan fingerprint density at radius 1 is 1.57 bits per heavy atom. The summed E-state index contributed by atoms with van der Waals surface area (Å²) in [5, 5.41) is 3.09. The first-order chi connectivity index (χ1) is 9.90. The van der Waals surface area contributed by atoms with Gasteiger partial charge in [0.15, 0.2) is 0 Å². The largest absolute Gasteiger partial charge is 0.375 e. The van der Waals surface area contributed by atoms with Gasteiger partial charge in [-0.05, 0) is 19.4 Å². The number of aromatic nitrogens is 1. The number of sulfonamides is 1. The smallest absolute Gasteiger partial charge is 0.245 e. The summed E-state index contributed by atoms with van der Waals surface area (Å²) >= 11 is 6.04. The molecule has 0 aromatic carbocycles. The number of rotatable bonds is 4. The lowest BCUT2D eigenvalue weighted by Gasteiger charge is -2.37. The van der Waals surface area contributed by atoms with Crippen LogP contribution in [0.25, 0.3) is 0 Å². The topological polar surface area (TPSA) is 71.5 Å². The summed E-state index contributed by atoms with van der Waals surface area (Å²) in [4.78, 5) is 4.16. The monoisotopic (exact) mass is 333 g/mol. The van der Waals surface area contributed by atoms with Gasteiger partial charge in [-0.15, -0.1) is 0 Å². The van der Waals surface area contributed by atoms with Crippen molar-refractivity contribution in [3.8, 4) is 0 Å². The van der Waals surface area contributed by atoms with Crippen LogP contribution in [0, 0.1) is 0 Å². The maximum Gasteiger partial charge on any atom is 0.245 e. The normalized spacial score (nSPS) is 24.0. The molecule has 0 spiro atoms. The molecule has 1 saturated heterocycles. The van der Waals surface area contributed by atoms with Crippen LogP contribution in [0.15, 0.2) is 17.2 Å². The van der Waals surface area contributed by atoms with Crippen molar-refractivity contribution >= 4 is 27.4 Å². The highest BCUT2D eigenvalue weighted by Gasteiger charge is 2.36. The average molecular weight is 334 g/mol.